The topological polar surface area (TPSA) is 38.3 Å². The molecule has 0 aliphatic rings. The lowest BCUT2D eigenvalue weighted by molar-refractivity contribution is 0.102. The molecule has 1 amide bonds. The monoisotopic (exact) mass is 431 g/mol. The molecule has 0 spiro atoms. The molecular formula is C15H12Br2ClNO2. The fourth-order valence-electron chi connectivity index (χ4n) is 1.85. The number of ether oxygens (including phenoxy) is 1. The van der Waals surface area contributed by atoms with Crippen molar-refractivity contribution < 1.29 is 9.53 Å². The van der Waals surface area contributed by atoms with Gasteiger partial charge in [-0.3, -0.25) is 4.79 Å². The van der Waals surface area contributed by atoms with Gasteiger partial charge in [-0.15, -0.1) is 0 Å². The zero-order chi connectivity index (χ0) is 15.4. The maximum atomic E-state index is 12.3. The van der Waals surface area contributed by atoms with E-state index >= 15 is 0 Å². The Labute approximate surface area is 144 Å². The molecule has 0 saturated heterocycles. The van der Waals surface area contributed by atoms with Crippen molar-refractivity contribution in [3.05, 3.63) is 61.5 Å². The summed E-state index contributed by atoms with van der Waals surface area (Å²) in [6.45, 7) is 0.399. The third-order valence-electron chi connectivity index (χ3n) is 2.78. The lowest BCUT2D eigenvalue weighted by atomic mass is 10.1. The zero-order valence-electron chi connectivity index (χ0n) is 11.1. The fraction of sp³-hybridized carbons (Fsp3) is 0.133. The van der Waals surface area contributed by atoms with Crippen LogP contribution in [0.3, 0.4) is 0 Å². The SMILES string of the molecule is COCc1c(Br)cccc1NC(=O)c1cc(Cl)cc(Br)c1. The number of rotatable bonds is 4. The minimum atomic E-state index is -0.228. The molecule has 2 rings (SSSR count). The Morgan fingerprint density at radius 1 is 1.29 bits per heavy atom. The molecule has 0 heterocycles. The summed E-state index contributed by atoms with van der Waals surface area (Å²) in [6, 6.07) is 10.7. The second-order valence-corrected chi connectivity index (χ2v) is 6.52. The predicted molar refractivity (Wildman–Crippen MR) is 92.0 cm³/mol. The van der Waals surface area contributed by atoms with E-state index in [1.807, 2.05) is 18.2 Å². The first-order valence-corrected chi connectivity index (χ1v) is 8.01. The molecule has 2 aromatic rings. The van der Waals surface area contributed by atoms with Gasteiger partial charge in [-0.2, -0.15) is 0 Å². The number of nitrogens with one attached hydrogen (secondary N) is 1. The number of anilines is 1. The summed E-state index contributed by atoms with van der Waals surface area (Å²) in [4.78, 5) is 12.3. The molecule has 6 heteroatoms. The highest BCUT2D eigenvalue weighted by atomic mass is 79.9. The summed E-state index contributed by atoms with van der Waals surface area (Å²) in [5.74, 6) is -0.228. The number of halogens is 3. The van der Waals surface area contributed by atoms with Crippen molar-refractivity contribution in [2.45, 2.75) is 6.61 Å². The first kappa shape index (κ1) is 16.5. The third kappa shape index (κ3) is 4.30. The minimum Gasteiger partial charge on any atom is -0.380 e. The highest BCUT2D eigenvalue weighted by Crippen LogP contribution is 2.27. The standard InChI is InChI=1S/C15H12Br2ClNO2/c1-21-8-12-13(17)3-2-4-14(12)19-15(20)9-5-10(16)7-11(18)6-9/h2-7H,8H2,1H3,(H,19,20). The molecule has 110 valence electrons. The van der Waals surface area contributed by atoms with Gasteiger partial charge in [0, 0.05) is 37.9 Å². The average molecular weight is 434 g/mol. The molecule has 2 aromatic carbocycles. The number of amides is 1. The molecule has 0 aromatic heterocycles. The molecular weight excluding hydrogens is 421 g/mol. The Hall–Kier alpha value is -0.880. The van der Waals surface area contributed by atoms with Crippen LogP contribution in [0.2, 0.25) is 5.02 Å². The van der Waals surface area contributed by atoms with Crippen LogP contribution in [0.5, 0.6) is 0 Å². The number of carbonyl (C=O) groups excluding carboxylic acids is 1. The first-order valence-electron chi connectivity index (χ1n) is 6.05. The summed E-state index contributed by atoms with van der Waals surface area (Å²) in [6.07, 6.45) is 0. The normalized spacial score (nSPS) is 10.5. The molecule has 0 saturated carbocycles. The summed E-state index contributed by atoms with van der Waals surface area (Å²) in [7, 11) is 1.61. The molecule has 21 heavy (non-hydrogen) atoms. The van der Waals surface area contributed by atoms with Crippen molar-refractivity contribution in [3.8, 4) is 0 Å². The van der Waals surface area contributed by atoms with Crippen LogP contribution >= 0.6 is 43.5 Å². The van der Waals surface area contributed by atoms with Crippen LogP contribution in [0.25, 0.3) is 0 Å². The Morgan fingerprint density at radius 2 is 2.05 bits per heavy atom. The first-order chi connectivity index (χ1) is 10.0. The maximum absolute atomic E-state index is 12.3. The van der Waals surface area contributed by atoms with Gasteiger partial charge in [0.2, 0.25) is 0 Å². The molecule has 1 N–H and O–H groups in total. The summed E-state index contributed by atoms with van der Waals surface area (Å²) >= 11 is 12.7. The highest BCUT2D eigenvalue weighted by molar-refractivity contribution is 9.10. The van der Waals surface area contributed by atoms with E-state index in [2.05, 4.69) is 37.2 Å². The van der Waals surface area contributed by atoms with Gasteiger partial charge in [0.05, 0.1) is 6.61 Å². The molecule has 0 aliphatic carbocycles. The summed E-state index contributed by atoms with van der Waals surface area (Å²) < 4.78 is 6.80. The molecule has 0 unspecified atom stereocenters. The van der Waals surface area contributed by atoms with E-state index in [9.17, 15) is 4.79 Å². The molecule has 0 atom stereocenters. The van der Waals surface area contributed by atoms with Gasteiger partial charge in [0.1, 0.15) is 0 Å². The average Bonchev–Trinajstić information content (AvgIpc) is 2.41. The lowest BCUT2D eigenvalue weighted by Gasteiger charge is -2.12. The van der Waals surface area contributed by atoms with E-state index in [1.54, 1.807) is 25.3 Å². The Bertz CT molecular complexity index is 656. The number of hydrogen-bond acceptors (Lipinski definition) is 2. The second-order valence-electron chi connectivity index (χ2n) is 4.31. The minimum absolute atomic E-state index is 0.228. The maximum Gasteiger partial charge on any atom is 0.255 e. The largest absolute Gasteiger partial charge is 0.380 e. The molecule has 0 fully saturated rings. The predicted octanol–water partition coefficient (Wildman–Crippen LogP) is 5.26. The fourth-order valence-corrected chi connectivity index (χ4v) is 3.19. The lowest BCUT2D eigenvalue weighted by Crippen LogP contribution is -2.13. The van der Waals surface area contributed by atoms with Crippen molar-refractivity contribution >= 4 is 55.1 Å². The smallest absolute Gasteiger partial charge is 0.255 e. The van der Waals surface area contributed by atoms with Crippen molar-refractivity contribution in [2.75, 3.05) is 12.4 Å². The van der Waals surface area contributed by atoms with Gasteiger partial charge in [0.15, 0.2) is 0 Å². The van der Waals surface area contributed by atoms with Crippen molar-refractivity contribution in [1.82, 2.24) is 0 Å². The van der Waals surface area contributed by atoms with Crippen LogP contribution in [0.4, 0.5) is 5.69 Å². The Kier molecular flexibility index (Phi) is 5.81. The number of methoxy groups -OCH3 is 1. The van der Waals surface area contributed by atoms with E-state index in [1.165, 1.54) is 0 Å². The molecule has 0 radical (unpaired) electrons. The van der Waals surface area contributed by atoms with Gasteiger partial charge in [-0.1, -0.05) is 49.5 Å². The number of benzene rings is 2. The summed E-state index contributed by atoms with van der Waals surface area (Å²) in [5, 5.41) is 3.38. The van der Waals surface area contributed by atoms with E-state index in [0.29, 0.717) is 22.9 Å². The van der Waals surface area contributed by atoms with E-state index in [0.717, 1.165) is 14.5 Å². The second kappa shape index (κ2) is 7.40. The van der Waals surface area contributed by atoms with Crippen molar-refractivity contribution in [3.63, 3.8) is 0 Å². The van der Waals surface area contributed by atoms with Crippen LogP contribution in [0, 0.1) is 0 Å². The Balaban J connectivity index is 2.29. The van der Waals surface area contributed by atoms with Crippen LogP contribution in [0.1, 0.15) is 15.9 Å². The highest BCUT2D eigenvalue weighted by Gasteiger charge is 2.12. The van der Waals surface area contributed by atoms with Gasteiger partial charge in [-0.05, 0) is 30.3 Å². The zero-order valence-corrected chi connectivity index (χ0v) is 15.0. The van der Waals surface area contributed by atoms with E-state index in [-0.39, 0.29) is 5.91 Å². The van der Waals surface area contributed by atoms with Gasteiger partial charge in [0.25, 0.3) is 5.91 Å². The summed E-state index contributed by atoms with van der Waals surface area (Å²) in [5.41, 5.74) is 2.07. The van der Waals surface area contributed by atoms with Gasteiger partial charge < -0.3 is 10.1 Å². The number of carbonyl (C=O) groups is 1. The van der Waals surface area contributed by atoms with E-state index in [4.69, 9.17) is 16.3 Å². The van der Waals surface area contributed by atoms with E-state index < -0.39 is 0 Å². The van der Waals surface area contributed by atoms with Crippen molar-refractivity contribution in [1.29, 1.82) is 0 Å². The molecule has 0 bridgehead atoms. The molecule has 0 aliphatic heterocycles. The number of hydrogen-bond donors (Lipinski definition) is 1. The van der Waals surface area contributed by atoms with Crippen LogP contribution in [-0.4, -0.2) is 13.0 Å². The van der Waals surface area contributed by atoms with Gasteiger partial charge in [-0.25, -0.2) is 0 Å². The van der Waals surface area contributed by atoms with Crippen LogP contribution in [-0.2, 0) is 11.3 Å². The molecule has 3 nitrogen and oxygen atoms in total. The Morgan fingerprint density at radius 3 is 2.71 bits per heavy atom. The van der Waals surface area contributed by atoms with Crippen LogP contribution in [0.15, 0.2) is 45.3 Å². The third-order valence-corrected chi connectivity index (χ3v) is 4.20. The van der Waals surface area contributed by atoms with Gasteiger partial charge >= 0.3 is 0 Å². The quantitative estimate of drug-likeness (QED) is 0.714. The van der Waals surface area contributed by atoms with Crippen molar-refractivity contribution in [2.24, 2.45) is 0 Å². The van der Waals surface area contributed by atoms with Crippen LogP contribution < -0.4 is 5.32 Å².